The van der Waals surface area contributed by atoms with Crippen molar-refractivity contribution in [1.29, 1.82) is 0 Å². The molecule has 2 N–H and O–H groups in total. The first-order valence-corrected chi connectivity index (χ1v) is 13.0. The van der Waals surface area contributed by atoms with Gasteiger partial charge < -0.3 is 24.5 Å². The third-order valence-electron chi connectivity index (χ3n) is 7.01. The summed E-state index contributed by atoms with van der Waals surface area (Å²) in [6.07, 6.45) is 17.4. The van der Waals surface area contributed by atoms with Gasteiger partial charge in [-0.2, -0.15) is 0 Å². The molecule has 1 aliphatic rings. The lowest BCUT2D eigenvalue weighted by Crippen LogP contribution is -2.25. The highest BCUT2D eigenvalue weighted by atomic mass is 16.5. The standard InChI is InChI=1S/C27H46O7/c1-3-4-9-15-27(2,21-34-26(32)19-30)16-14-22-12-13-23(20-33-25(31)18-29)24(22)11-8-6-5-7-10-17-28/h14,16-17,22-24,29-30H,3-13,15,18-21H2,1-2H3/b16-14+/t22-,23-,24-,27?/m1/s1. The summed E-state index contributed by atoms with van der Waals surface area (Å²) in [6.45, 7) is 3.63. The quantitative estimate of drug-likeness (QED) is 0.122. The number of ether oxygens (including phenoxy) is 2. The zero-order valence-electron chi connectivity index (χ0n) is 21.2. The van der Waals surface area contributed by atoms with Crippen LogP contribution in [0.15, 0.2) is 12.2 Å². The average molecular weight is 483 g/mol. The lowest BCUT2D eigenvalue weighted by molar-refractivity contribution is -0.150. The maximum atomic E-state index is 11.5. The number of hydrogen-bond donors (Lipinski definition) is 2. The van der Waals surface area contributed by atoms with Gasteiger partial charge in [0, 0.05) is 11.8 Å². The van der Waals surface area contributed by atoms with Crippen LogP contribution in [0.5, 0.6) is 0 Å². The molecule has 1 rings (SSSR count). The van der Waals surface area contributed by atoms with Gasteiger partial charge in [-0.3, -0.25) is 0 Å². The van der Waals surface area contributed by atoms with Crippen molar-refractivity contribution >= 4 is 18.2 Å². The van der Waals surface area contributed by atoms with Crippen LogP contribution in [0.4, 0.5) is 0 Å². The molecule has 0 spiro atoms. The van der Waals surface area contributed by atoms with Crippen LogP contribution in [0.25, 0.3) is 0 Å². The van der Waals surface area contributed by atoms with Crippen LogP contribution in [-0.4, -0.2) is 54.9 Å². The zero-order chi connectivity index (χ0) is 25.2. The Balaban J connectivity index is 2.83. The van der Waals surface area contributed by atoms with Gasteiger partial charge in [0.1, 0.15) is 26.1 Å². The number of rotatable bonds is 19. The highest BCUT2D eigenvalue weighted by Gasteiger charge is 2.35. The number of unbranched alkanes of at least 4 members (excludes halogenated alkanes) is 6. The minimum Gasteiger partial charge on any atom is -0.464 e. The van der Waals surface area contributed by atoms with Crippen molar-refractivity contribution in [3.8, 4) is 0 Å². The molecule has 1 fully saturated rings. The predicted octanol–water partition coefficient (Wildman–Crippen LogP) is 4.38. The Morgan fingerprint density at radius 2 is 1.68 bits per heavy atom. The average Bonchev–Trinajstić information content (AvgIpc) is 3.23. The van der Waals surface area contributed by atoms with E-state index in [2.05, 4.69) is 26.0 Å². The van der Waals surface area contributed by atoms with Crippen molar-refractivity contribution in [2.45, 2.75) is 90.9 Å². The van der Waals surface area contributed by atoms with E-state index in [1.807, 2.05) is 0 Å². The number of aliphatic hydroxyl groups is 2. The highest BCUT2D eigenvalue weighted by Crippen LogP contribution is 2.42. The van der Waals surface area contributed by atoms with Gasteiger partial charge in [-0.05, 0) is 49.9 Å². The third-order valence-corrected chi connectivity index (χ3v) is 7.01. The van der Waals surface area contributed by atoms with Gasteiger partial charge in [-0.25, -0.2) is 9.59 Å². The van der Waals surface area contributed by atoms with E-state index in [4.69, 9.17) is 19.7 Å². The van der Waals surface area contributed by atoms with Gasteiger partial charge in [0.15, 0.2) is 0 Å². The molecule has 1 saturated carbocycles. The molecule has 0 aromatic heterocycles. The Hall–Kier alpha value is -1.73. The maximum Gasteiger partial charge on any atom is 0.331 e. The molecule has 0 amide bonds. The first kappa shape index (κ1) is 30.3. The van der Waals surface area contributed by atoms with Crippen molar-refractivity contribution in [1.82, 2.24) is 0 Å². The van der Waals surface area contributed by atoms with Crippen molar-refractivity contribution in [2.75, 3.05) is 26.4 Å². The molecule has 1 aliphatic carbocycles. The van der Waals surface area contributed by atoms with Crippen LogP contribution in [0.3, 0.4) is 0 Å². The minimum atomic E-state index is -0.611. The van der Waals surface area contributed by atoms with Gasteiger partial charge in [0.25, 0.3) is 0 Å². The van der Waals surface area contributed by atoms with E-state index in [-0.39, 0.29) is 17.9 Å². The number of aliphatic hydroxyl groups excluding tert-OH is 2. The first-order valence-electron chi connectivity index (χ1n) is 13.0. The third kappa shape index (κ3) is 12.1. The lowest BCUT2D eigenvalue weighted by Gasteiger charge is -2.28. The number of hydrogen-bond acceptors (Lipinski definition) is 7. The van der Waals surface area contributed by atoms with Crippen LogP contribution in [0.2, 0.25) is 0 Å². The molecule has 7 nitrogen and oxygen atoms in total. The predicted molar refractivity (Wildman–Crippen MR) is 131 cm³/mol. The molecule has 0 radical (unpaired) electrons. The second-order valence-electron chi connectivity index (χ2n) is 9.95. The summed E-state index contributed by atoms with van der Waals surface area (Å²) in [5.41, 5.74) is -0.291. The SMILES string of the molecule is CCCCCC(C)(/C=C/[C@H]1CC[C@H](COC(=O)CO)[C@@H]1CCCCCCC=O)COC(=O)CO. The Morgan fingerprint density at radius 3 is 2.35 bits per heavy atom. The molecular formula is C27H46O7. The minimum absolute atomic E-state index is 0.248. The summed E-state index contributed by atoms with van der Waals surface area (Å²) in [4.78, 5) is 33.5. The summed E-state index contributed by atoms with van der Waals surface area (Å²) in [5, 5.41) is 18.0. The van der Waals surface area contributed by atoms with Crippen molar-refractivity contribution < 1.29 is 34.1 Å². The fourth-order valence-corrected chi connectivity index (χ4v) is 4.92. The van der Waals surface area contributed by atoms with E-state index in [9.17, 15) is 14.4 Å². The number of allylic oxidation sites excluding steroid dienone is 1. The summed E-state index contributed by atoms with van der Waals surface area (Å²) < 4.78 is 10.6. The van der Waals surface area contributed by atoms with Crippen LogP contribution in [0, 0.1) is 23.2 Å². The molecule has 1 unspecified atom stereocenters. The monoisotopic (exact) mass is 482 g/mol. The van der Waals surface area contributed by atoms with Gasteiger partial charge in [0.05, 0.1) is 6.61 Å². The molecule has 34 heavy (non-hydrogen) atoms. The molecule has 0 bridgehead atoms. The van der Waals surface area contributed by atoms with Crippen LogP contribution in [-0.2, 0) is 23.9 Å². The Morgan fingerprint density at radius 1 is 0.971 bits per heavy atom. The second kappa shape index (κ2) is 17.7. The number of carbonyl (C=O) groups is 3. The van der Waals surface area contributed by atoms with Crippen molar-refractivity contribution in [2.24, 2.45) is 23.2 Å². The molecule has 196 valence electrons. The summed E-state index contributed by atoms with van der Waals surface area (Å²) in [7, 11) is 0. The van der Waals surface area contributed by atoms with Gasteiger partial charge >= 0.3 is 11.9 Å². The molecule has 4 atom stereocenters. The normalized spacial score (nSPS) is 21.9. The zero-order valence-corrected chi connectivity index (χ0v) is 21.2. The Labute approximate surface area is 205 Å². The van der Waals surface area contributed by atoms with E-state index in [1.54, 1.807) is 0 Å². The highest BCUT2D eigenvalue weighted by molar-refractivity contribution is 5.70. The fourth-order valence-electron chi connectivity index (χ4n) is 4.92. The number of aldehydes is 1. The van der Waals surface area contributed by atoms with Crippen LogP contribution >= 0.6 is 0 Å². The van der Waals surface area contributed by atoms with Crippen LogP contribution in [0.1, 0.15) is 90.9 Å². The topological polar surface area (TPSA) is 110 Å². The molecular weight excluding hydrogens is 436 g/mol. The van der Waals surface area contributed by atoms with E-state index in [1.165, 1.54) is 0 Å². The smallest absolute Gasteiger partial charge is 0.331 e. The van der Waals surface area contributed by atoms with E-state index >= 15 is 0 Å². The van der Waals surface area contributed by atoms with Crippen molar-refractivity contribution in [3.05, 3.63) is 12.2 Å². The van der Waals surface area contributed by atoms with Gasteiger partial charge in [-0.15, -0.1) is 0 Å². The number of esters is 2. The fraction of sp³-hybridized carbons (Fsp3) is 0.815. The van der Waals surface area contributed by atoms with Gasteiger partial charge in [-0.1, -0.05) is 64.5 Å². The summed E-state index contributed by atoms with van der Waals surface area (Å²) >= 11 is 0. The Bertz CT molecular complexity index is 618. The van der Waals surface area contributed by atoms with Crippen LogP contribution < -0.4 is 0 Å². The maximum absolute atomic E-state index is 11.5. The summed E-state index contributed by atoms with van der Waals surface area (Å²) in [6, 6.07) is 0. The van der Waals surface area contributed by atoms with E-state index in [0.29, 0.717) is 24.9 Å². The molecule has 0 aliphatic heterocycles. The first-order chi connectivity index (χ1) is 16.4. The lowest BCUT2D eigenvalue weighted by atomic mass is 9.81. The molecule has 7 heteroatoms. The van der Waals surface area contributed by atoms with E-state index in [0.717, 1.165) is 76.9 Å². The van der Waals surface area contributed by atoms with Gasteiger partial charge in [0.2, 0.25) is 0 Å². The Kier molecular flexibility index (Phi) is 15.7. The summed E-state index contributed by atoms with van der Waals surface area (Å²) in [5.74, 6) is -0.186. The molecule has 0 saturated heterocycles. The molecule has 0 heterocycles. The second-order valence-corrected chi connectivity index (χ2v) is 9.95. The van der Waals surface area contributed by atoms with E-state index < -0.39 is 25.2 Å². The van der Waals surface area contributed by atoms with Crippen molar-refractivity contribution in [3.63, 3.8) is 0 Å². The number of carbonyl (C=O) groups excluding carboxylic acids is 3. The molecule has 0 aromatic rings. The molecule has 0 aromatic carbocycles. The largest absolute Gasteiger partial charge is 0.464 e.